The first-order valence-corrected chi connectivity index (χ1v) is 6.43. The molecule has 1 aromatic rings. The average molecular weight is 247 g/mol. The second-order valence-electron chi connectivity index (χ2n) is 5.07. The van der Waals surface area contributed by atoms with Crippen molar-refractivity contribution in [3.63, 3.8) is 0 Å². The number of carbonyl (C=O) groups is 1. The van der Waals surface area contributed by atoms with E-state index in [9.17, 15) is 4.79 Å². The van der Waals surface area contributed by atoms with Gasteiger partial charge in [0.05, 0.1) is 0 Å². The normalized spacial score (nSPS) is 24.1. The summed E-state index contributed by atoms with van der Waals surface area (Å²) < 4.78 is 0. The Morgan fingerprint density at radius 2 is 2.22 bits per heavy atom. The van der Waals surface area contributed by atoms with Crippen molar-refractivity contribution < 1.29 is 9.90 Å². The predicted molar refractivity (Wildman–Crippen MR) is 67.8 cm³/mol. The van der Waals surface area contributed by atoms with E-state index in [0.717, 1.165) is 25.6 Å². The van der Waals surface area contributed by atoms with Gasteiger partial charge in [0.2, 0.25) is 0 Å². The van der Waals surface area contributed by atoms with E-state index in [1.165, 1.54) is 18.9 Å². The molecule has 2 aliphatic rings. The first-order valence-electron chi connectivity index (χ1n) is 6.43. The maximum atomic E-state index is 10.8. The van der Waals surface area contributed by atoms with Crippen molar-refractivity contribution in [2.45, 2.75) is 31.3 Å². The summed E-state index contributed by atoms with van der Waals surface area (Å²) in [4.78, 5) is 17.4. The Morgan fingerprint density at radius 1 is 1.39 bits per heavy atom. The minimum Gasteiger partial charge on any atom is -0.477 e. The summed E-state index contributed by atoms with van der Waals surface area (Å²) >= 11 is 0. The fourth-order valence-electron chi connectivity index (χ4n) is 2.52. The van der Waals surface area contributed by atoms with Crippen molar-refractivity contribution in [3.8, 4) is 0 Å². The highest BCUT2D eigenvalue weighted by atomic mass is 16.4. The molecule has 1 aromatic heterocycles. The van der Waals surface area contributed by atoms with Gasteiger partial charge in [-0.1, -0.05) is 6.07 Å². The zero-order chi connectivity index (χ0) is 12.5. The van der Waals surface area contributed by atoms with Crippen molar-refractivity contribution in [3.05, 3.63) is 23.9 Å². The lowest BCUT2D eigenvalue weighted by molar-refractivity contribution is 0.0690. The summed E-state index contributed by atoms with van der Waals surface area (Å²) in [6, 6.07) is 6.26. The van der Waals surface area contributed by atoms with Crippen molar-refractivity contribution in [2.24, 2.45) is 0 Å². The van der Waals surface area contributed by atoms with Crippen LogP contribution in [0.2, 0.25) is 0 Å². The molecule has 2 fully saturated rings. The van der Waals surface area contributed by atoms with Gasteiger partial charge in [-0.05, 0) is 31.4 Å². The van der Waals surface area contributed by atoms with Gasteiger partial charge in [-0.2, -0.15) is 0 Å². The van der Waals surface area contributed by atoms with Gasteiger partial charge >= 0.3 is 5.97 Å². The number of hydrogen-bond donors (Lipinski definition) is 2. The van der Waals surface area contributed by atoms with Crippen LogP contribution in [0.25, 0.3) is 0 Å². The van der Waals surface area contributed by atoms with E-state index in [1.54, 1.807) is 6.07 Å². The molecule has 2 N–H and O–H groups in total. The molecule has 1 atom stereocenters. The Hall–Kier alpha value is -1.62. The highest BCUT2D eigenvalue weighted by molar-refractivity contribution is 5.85. The molecule has 18 heavy (non-hydrogen) atoms. The number of nitrogens with zero attached hydrogens (tertiary/aromatic N) is 2. The molecule has 0 bridgehead atoms. The Kier molecular flexibility index (Phi) is 2.91. The number of rotatable bonds is 4. The fraction of sp³-hybridized carbons (Fsp3) is 0.538. The van der Waals surface area contributed by atoms with Crippen molar-refractivity contribution in [1.29, 1.82) is 0 Å². The molecule has 96 valence electrons. The minimum absolute atomic E-state index is 0.0945. The van der Waals surface area contributed by atoms with Crippen LogP contribution in [0, 0.1) is 0 Å². The molecule has 5 nitrogen and oxygen atoms in total. The van der Waals surface area contributed by atoms with Crippen LogP contribution in [0.1, 0.15) is 29.8 Å². The molecule has 1 saturated carbocycles. The number of aromatic carboxylic acids is 1. The van der Waals surface area contributed by atoms with Crippen molar-refractivity contribution in [1.82, 2.24) is 9.88 Å². The maximum absolute atomic E-state index is 10.8. The molecular weight excluding hydrogens is 230 g/mol. The van der Waals surface area contributed by atoms with E-state index in [-0.39, 0.29) is 5.69 Å². The van der Waals surface area contributed by atoms with Gasteiger partial charge in [0, 0.05) is 25.2 Å². The molecule has 3 rings (SSSR count). The number of likely N-dealkylation sites (tertiary alicyclic amines) is 1. The van der Waals surface area contributed by atoms with E-state index in [4.69, 9.17) is 5.11 Å². The molecule has 0 amide bonds. The van der Waals surface area contributed by atoms with E-state index < -0.39 is 5.97 Å². The number of nitrogens with one attached hydrogen (secondary N) is 1. The van der Waals surface area contributed by atoms with Crippen LogP contribution in [-0.2, 0) is 0 Å². The number of carboxylic acid groups (broad SMARTS) is 1. The Labute approximate surface area is 106 Å². The second-order valence-corrected chi connectivity index (χ2v) is 5.07. The van der Waals surface area contributed by atoms with Gasteiger partial charge in [-0.3, -0.25) is 4.90 Å². The lowest BCUT2D eigenvalue weighted by Crippen LogP contribution is -2.28. The van der Waals surface area contributed by atoms with Gasteiger partial charge < -0.3 is 10.4 Å². The van der Waals surface area contributed by atoms with Crippen LogP contribution < -0.4 is 5.32 Å². The predicted octanol–water partition coefficient (Wildman–Crippen LogP) is 1.43. The number of carboxylic acids is 1. The van der Waals surface area contributed by atoms with Gasteiger partial charge in [0.1, 0.15) is 5.82 Å². The molecular formula is C13H17N3O2. The van der Waals surface area contributed by atoms with E-state index in [0.29, 0.717) is 11.9 Å². The third-order valence-electron chi connectivity index (χ3n) is 3.60. The maximum Gasteiger partial charge on any atom is 0.354 e. The number of hydrogen-bond acceptors (Lipinski definition) is 4. The third-order valence-corrected chi connectivity index (χ3v) is 3.60. The molecule has 1 unspecified atom stereocenters. The van der Waals surface area contributed by atoms with Crippen LogP contribution >= 0.6 is 0 Å². The fourth-order valence-corrected chi connectivity index (χ4v) is 2.52. The number of pyridine rings is 1. The van der Waals surface area contributed by atoms with Crippen LogP contribution in [0.4, 0.5) is 5.82 Å². The molecule has 1 aliphatic heterocycles. The summed E-state index contributed by atoms with van der Waals surface area (Å²) in [5.74, 6) is -0.317. The van der Waals surface area contributed by atoms with E-state index >= 15 is 0 Å². The highest BCUT2D eigenvalue weighted by Crippen LogP contribution is 2.30. The largest absolute Gasteiger partial charge is 0.477 e. The minimum atomic E-state index is -0.982. The number of aromatic nitrogens is 1. The van der Waals surface area contributed by atoms with Crippen LogP contribution in [0.5, 0.6) is 0 Å². The Morgan fingerprint density at radius 3 is 2.94 bits per heavy atom. The molecule has 5 heteroatoms. The van der Waals surface area contributed by atoms with Crippen LogP contribution in [0.15, 0.2) is 18.2 Å². The standard InChI is InChI=1S/C13H17N3O2/c17-13(18)11-2-1-3-12(15-11)14-9-6-7-16(8-9)10-4-5-10/h1-3,9-10H,4-8H2,(H,14,15)(H,17,18). The van der Waals surface area contributed by atoms with Crippen LogP contribution in [-0.4, -0.2) is 46.1 Å². The topological polar surface area (TPSA) is 65.5 Å². The summed E-state index contributed by atoms with van der Waals surface area (Å²) in [6.45, 7) is 2.19. The number of anilines is 1. The molecule has 2 heterocycles. The second kappa shape index (κ2) is 4.57. The van der Waals surface area contributed by atoms with Gasteiger partial charge in [-0.25, -0.2) is 9.78 Å². The summed E-state index contributed by atoms with van der Waals surface area (Å²) in [5, 5.41) is 12.2. The zero-order valence-electron chi connectivity index (χ0n) is 10.2. The van der Waals surface area contributed by atoms with Crippen molar-refractivity contribution in [2.75, 3.05) is 18.4 Å². The van der Waals surface area contributed by atoms with Gasteiger partial charge in [-0.15, -0.1) is 0 Å². The quantitative estimate of drug-likeness (QED) is 0.842. The molecule has 0 spiro atoms. The first kappa shape index (κ1) is 11.5. The monoisotopic (exact) mass is 247 g/mol. The lowest BCUT2D eigenvalue weighted by atomic mass is 10.2. The first-order chi connectivity index (χ1) is 8.72. The van der Waals surface area contributed by atoms with Crippen LogP contribution in [0.3, 0.4) is 0 Å². The molecule has 0 radical (unpaired) electrons. The third kappa shape index (κ3) is 2.46. The molecule has 1 aliphatic carbocycles. The molecule has 1 saturated heterocycles. The smallest absolute Gasteiger partial charge is 0.354 e. The van der Waals surface area contributed by atoms with Crippen molar-refractivity contribution >= 4 is 11.8 Å². The highest BCUT2D eigenvalue weighted by Gasteiger charge is 2.34. The van der Waals surface area contributed by atoms with E-state index in [2.05, 4.69) is 15.2 Å². The van der Waals surface area contributed by atoms with E-state index in [1.807, 2.05) is 6.07 Å². The average Bonchev–Trinajstić information content (AvgIpc) is 3.11. The Balaban J connectivity index is 1.62. The summed E-state index contributed by atoms with van der Waals surface area (Å²) in [5.41, 5.74) is 0.0945. The summed E-state index contributed by atoms with van der Waals surface area (Å²) in [6.07, 6.45) is 3.77. The van der Waals surface area contributed by atoms with Gasteiger partial charge in [0.15, 0.2) is 5.69 Å². The Bertz CT molecular complexity index is 459. The summed E-state index contributed by atoms with van der Waals surface area (Å²) in [7, 11) is 0. The zero-order valence-corrected chi connectivity index (χ0v) is 10.2. The lowest BCUT2D eigenvalue weighted by Gasteiger charge is -2.16. The SMILES string of the molecule is O=C(O)c1cccc(NC2CCN(C3CC3)C2)n1. The van der Waals surface area contributed by atoms with Gasteiger partial charge in [0.25, 0.3) is 0 Å². The molecule has 0 aromatic carbocycles.